The van der Waals surface area contributed by atoms with Crippen molar-refractivity contribution >= 4 is 34.4 Å². The Balaban J connectivity index is 1.08. The first-order chi connectivity index (χ1) is 29.8. The second kappa shape index (κ2) is 15.6. The van der Waals surface area contributed by atoms with Gasteiger partial charge in [0.1, 0.15) is 11.7 Å². The van der Waals surface area contributed by atoms with E-state index in [0.29, 0.717) is 0 Å². The fraction of sp³-hybridized carbons (Fsp3) is 0.164. The molecule has 3 unspecified atom stereocenters. The number of fused-ring (bicyclic) bond motifs is 3. The molecule has 3 heterocycles. The number of H-pyrrole nitrogens is 1. The molecule has 0 fully saturated rings. The lowest BCUT2D eigenvalue weighted by Crippen LogP contribution is -2.40. The van der Waals surface area contributed by atoms with Crippen LogP contribution in [0.25, 0.3) is 45.1 Å². The maximum Gasteiger partial charge on any atom is 0.150 e. The Hall–Kier alpha value is -6.98. The van der Waals surface area contributed by atoms with Crippen molar-refractivity contribution in [3.05, 3.63) is 215 Å². The van der Waals surface area contributed by atoms with Crippen LogP contribution in [-0.4, -0.2) is 27.5 Å². The summed E-state index contributed by atoms with van der Waals surface area (Å²) in [7, 11) is 0. The highest BCUT2D eigenvalue weighted by atomic mass is 15.3. The van der Waals surface area contributed by atoms with Gasteiger partial charge in [-0.2, -0.15) is 0 Å². The van der Waals surface area contributed by atoms with Crippen molar-refractivity contribution in [2.24, 2.45) is 15.9 Å². The highest BCUT2D eigenvalue weighted by Gasteiger charge is 2.32. The number of hydrogen-bond acceptors (Lipinski definition) is 3. The average molecular weight is 778 g/mol. The molecule has 5 heteroatoms. The molecule has 0 radical (unpaired) electrons. The van der Waals surface area contributed by atoms with Crippen molar-refractivity contribution in [2.45, 2.75) is 50.6 Å². The van der Waals surface area contributed by atoms with Gasteiger partial charge in [-0.3, -0.25) is 9.61 Å². The number of amidine groups is 2. The minimum atomic E-state index is -0.338. The van der Waals surface area contributed by atoms with Gasteiger partial charge in [0.15, 0.2) is 6.17 Å². The zero-order valence-corrected chi connectivity index (χ0v) is 33.6. The molecule has 0 saturated heterocycles. The third kappa shape index (κ3) is 6.51. The number of hydrogen-bond donors (Lipinski definition) is 2. The molecule has 1 aliphatic heterocycles. The van der Waals surface area contributed by atoms with Crippen molar-refractivity contribution in [1.82, 2.24) is 14.9 Å². The number of nitrogens with one attached hydrogen (secondary N) is 2. The quantitative estimate of drug-likeness (QED) is 0.159. The van der Waals surface area contributed by atoms with Gasteiger partial charge in [0.2, 0.25) is 0 Å². The molecule has 0 bridgehead atoms. The lowest BCUT2D eigenvalue weighted by molar-refractivity contribution is 0.518. The van der Waals surface area contributed by atoms with E-state index in [0.717, 1.165) is 72.4 Å². The van der Waals surface area contributed by atoms with E-state index in [4.69, 9.17) is 9.98 Å². The number of rotatable bonds is 8. The summed E-state index contributed by atoms with van der Waals surface area (Å²) in [5.74, 6) is 2.04. The fourth-order valence-corrected chi connectivity index (χ4v) is 9.74. The van der Waals surface area contributed by atoms with Gasteiger partial charge in [-0.1, -0.05) is 182 Å². The molecule has 0 saturated carbocycles. The number of pyridine rings is 1. The summed E-state index contributed by atoms with van der Waals surface area (Å²) in [5, 5.41) is 7.65. The normalized spacial score (nSPS) is 20.6. The molecule has 11 rings (SSSR count). The van der Waals surface area contributed by atoms with Crippen LogP contribution >= 0.6 is 0 Å². The van der Waals surface area contributed by atoms with Crippen LogP contribution in [0, 0.1) is 5.92 Å². The van der Waals surface area contributed by atoms with Gasteiger partial charge in [-0.05, 0) is 71.9 Å². The Morgan fingerprint density at radius 2 is 1.35 bits per heavy atom. The second-order valence-electron chi connectivity index (χ2n) is 16.3. The Bertz CT molecular complexity index is 2900. The number of aromatic amines is 1. The smallest absolute Gasteiger partial charge is 0.150 e. The monoisotopic (exact) mass is 777 g/mol. The molecule has 6 aromatic rings. The summed E-state index contributed by atoms with van der Waals surface area (Å²) >= 11 is 0. The van der Waals surface area contributed by atoms with Gasteiger partial charge >= 0.3 is 0 Å². The third-order valence-electron chi connectivity index (χ3n) is 12.6. The molecule has 3 atom stereocenters. The molecule has 4 aromatic carbocycles. The molecular formula is C55H47N5. The van der Waals surface area contributed by atoms with E-state index in [1.165, 1.54) is 55.9 Å². The summed E-state index contributed by atoms with van der Waals surface area (Å²) in [6.07, 6.45) is 33.1. The number of aromatic nitrogens is 2. The van der Waals surface area contributed by atoms with E-state index in [1.54, 1.807) is 0 Å². The van der Waals surface area contributed by atoms with Crippen LogP contribution in [0.5, 0.6) is 0 Å². The Labute approximate surface area is 352 Å². The fourth-order valence-electron chi connectivity index (χ4n) is 9.74. The maximum absolute atomic E-state index is 5.56. The topological polar surface area (TPSA) is 57.0 Å². The summed E-state index contributed by atoms with van der Waals surface area (Å²) in [5.41, 5.74) is 17.4. The molecule has 4 aliphatic carbocycles. The minimum Gasteiger partial charge on any atom is -0.324 e. The number of aliphatic imine (C=N–C) groups is 2. The van der Waals surface area contributed by atoms with Crippen molar-refractivity contribution < 1.29 is 0 Å². The second-order valence-corrected chi connectivity index (χ2v) is 16.3. The van der Waals surface area contributed by atoms with Gasteiger partial charge in [0, 0.05) is 39.7 Å². The minimum absolute atomic E-state index is 0.0365. The van der Waals surface area contributed by atoms with Crippen LogP contribution in [-0.2, 0) is 6.42 Å². The summed E-state index contributed by atoms with van der Waals surface area (Å²) in [4.78, 5) is 11.1. The largest absolute Gasteiger partial charge is 0.324 e. The molecular weight excluding hydrogens is 731 g/mol. The molecule has 2 N–H and O–H groups in total. The number of allylic oxidation sites excluding steroid dienone is 12. The molecule has 60 heavy (non-hydrogen) atoms. The molecule has 2 aromatic heterocycles. The maximum atomic E-state index is 5.56. The van der Waals surface area contributed by atoms with Crippen LogP contribution in [0.2, 0.25) is 0 Å². The van der Waals surface area contributed by atoms with Crippen LogP contribution in [0.3, 0.4) is 0 Å². The first-order valence-corrected chi connectivity index (χ1v) is 21.5. The third-order valence-corrected chi connectivity index (χ3v) is 12.6. The van der Waals surface area contributed by atoms with Gasteiger partial charge in [0.25, 0.3) is 0 Å². The van der Waals surface area contributed by atoms with Crippen LogP contribution < -0.4 is 5.32 Å². The van der Waals surface area contributed by atoms with E-state index < -0.39 is 0 Å². The standard InChI is InChI=1S/C55H47N5/c1-5-20-37(21-6-1)43-30-13-17-34-47(43)54-56-53(57-55(58-54)48-35-18-14-31-44(48)38-22-7-2-8-23-38)42-29-19-28-41(36-42)49-45-32-15-16-33-46(45)52-50(39-24-9-3-10-25-39)59-60(52)51(49)40-26-11-4-12-27-40/h1-9,11-14,16-22,24,26-28,30-31,33-36,38,42,53,59H,10,15,23,25,29,32H2,(H,56,57,58). The zero-order chi connectivity index (χ0) is 39.8. The SMILES string of the molecule is C1=CCCC(c2[nH]n3c(-c4ccccc4)c(C4=CC(C5N=C(c6ccccc6-c6ccccc6)NC(c6ccccc6C6C=CC=CC6)=N5)CC=C4)c4c(c23)C=CCC4)=C1. The van der Waals surface area contributed by atoms with Gasteiger partial charge in [-0.15, -0.1) is 0 Å². The zero-order valence-electron chi connectivity index (χ0n) is 33.6. The predicted molar refractivity (Wildman–Crippen MR) is 250 cm³/mol. The lowest BCUT2D eigenvalue weighted by Gasteiger charge is -2.32. The highest BCUT2D eigenvalue weighted by molar-refractivity contribution is 6.18. The molecule has 292 valence electrons. The van der Waals surface area contributed by atoms with Crippen molar-refractivity contribution in [3.63, 3.8) is 0 Å². The van der Waals surface area contributed by atoms with E-state index in [2.05, 4.69) is 197 Å². The van der Waals surface area contributed by atoms with Crippen LogP contribution in [0.1, 0.15) is 77.1 Å². The van der Waals surface area contributed by atoms with Gasteiger partial charge in [0.05, 0.1) is 16.9 Å². The first-order valence-electron chi connectivity index (χ1n) is 21.5. The van der Waals surface area contributed by atoms with E-state index in [-0.39, 0.29) is 18.0 Å². The highest BCUT2D eigenvalue weighted by Crippen LogP contribution is 2.44. The Morgan fingerprint density at radius 3 is 2.13 bits per heavy atom. The summed E-state index contributed by atoms with van der Waals surface area (Å²) in [6, 6.07) is 39.0. The van der Waals surface area contributed by atoms with Crippen molar-refractivity contribution in [1.29, 1.82) is 0 Å². The van der Waals surface area contributed by atoms with E-state index in [1.807, 2.05) is 0 Å². The molecule has 0 spiro atoms. The molecule has 5 nitrogen and oxygen atoms in total. The van der Waals surface area contributed by atoms with Crippen LogP contribution in [0.15, 0.2) is 186 Å². The lowest BCUT2D eigenvalue weighted by atomic mass is 9.81. The average Bonchev–Trinajstić information content (AvgIpc) is 3.32. The van der Waals surface area contributed by atoms with E-state index in [9.17, 15) is 0 Å². The molecule has 5 aliphatic rings. The van der Waals surface area contributed by atoms with Gasteiger partial charge < -0.3 is 5.32 Å². The number of nitrogens with zero attached hydrogens (tertiary/aromatic N) is 3. The van der Waals surface area contributed by atoms with Crippen molar-refractivity contribution in [3.8, 4) is 22.4 Å². The summed E-state index contributed by atoms with van der Waals surface area (Å²) in [6.45, 7) is 0. The molecule has 0 amide bonds. The van der Waals surface area contributed by atoms with Gasteiger partial charge in [-0.25, -0.2) is 9.98 Å². The Morgan fingerprint density at radius 1 is 0.617 bits per heavy atom. The van der Waals surface area contributed by atoms with Crippen LogP contribution in [0.4, 0.5) is 0 Å². The summed E-state index contributed by atoms with van der Waals surface area (Å²) < 4.78 is 2.36. The number of benzene rings is 4. The first kappa shape index (κ1) is 36.1. The van der Waals surface area contributed by atoms with Crippen molar-refractivity contribution in [2.75, 3.05) is 0 Å². The Kier molecular flexibility index (Phi) is 9.42. The van der Waals surface area contributed by atoms with E-state index >= 15 is 0 Å². The predicted octanol–water partition coefficient (Wildman–Crippen LogP) is 12.7.